The molecular formula is C14H10BBrF4N4O6. The third-order valence-corrected chi connectivity index (χ3v) is 4.67. The van der Waals surface area contributed by atoms with Gasteiger partial charge in [0, 0.05) is 0 Å². The molecule has 16 heteroatoms. The molecule has 0 bridgehead atoms. The molecule has 1 aromatic carbocycles. The van der Waals surface area contributed by atoms with Crippen LogP contribution >= 0.6 is 15.9 Å². The van der Waals surface area contributed by atoms with Crippen molar-refractivity contribution < 1.29 is 36.5 Å². The van der Waals surface area contributed by atoms with Gasteiger partial charge in [-0.2, -0.15) is 0 Å². The number of rotatable bonds is 2. The van der Waals surface area contributed by atoms with E-state index >= 15 is 0 Å². The number of pyridine rings is 1. The van der Waals surface area contributed by atoms with Crippen molar-refractivity contribution in [2.75, 3.05) is 13.7 Å². The van der Waals surface area contributed by atoms with Gasteiger partial charge in [0.2, 0.25) is 5.39 Å². The van der Waals surface area contributed by atoms with Gasteiger partial charge in [-0.15, -0.1) is 0 Å². The number of halogens is 5. The van der Waals surface area contributed by atoms with Crippen LogP contribution in [0.5, 0.6) is 5.75 Å². The summed E-state index contributed by atoms with van der Waals surface area (Å²) in [5.41, 5.74) is -1.80. The fourth-order valence-electron chi connectivity index (χ4n) is 2.85. The first kappa shape index (κ1) is 23.1. The lowest BCUT2D eigenvalue weighted by Gasteiger charge is -2.26. The molecule has 160 valence electrons. The molecule has 1 aromatic heterocycles. The van der Waals surface area contributed by atoms with Crippen LogP contribution in [0.1, 0.15) is 23.3 Å². The fourth-order valence-corrected chi connectivity index (χ4v) is 3.42. The van der Waals surface area contributed by atoms with E-state index in [1.165, 1.54) is 4.57 Å². The summed E-state index contributed by atoms with van der Waals surface area (Å²) in [5.74, 6) is -0.796. The van der Waals surface area contributed by atoms with E-state index in [4.69, 9.17) is 4.74 Å². The second kappa shape index (κ2) is 8.26. The molecular weight excluding hydrogens is 487 g/mol. The van der Waals surface area contributed by atoms with E-state index in [1.54, 1.807) is 6.92 Å². The smallest absolute Gasteiger partial charge is 0.488 e. The Kier molecular flexibility index (Phi) is 6.35. The van der Waals surface area contributed by atoms with Crippen LogP contribution in [0.4, 0.5) is 28.6 Å². The van der Waals surface area contributed by atoms with E-state index in [1.807, 2.05) is 0 Å². The number of hydrogen-bond donors (Lipinski definition) is 0. The Morgan fingerprint density at radius 3 is 2.50 bits per heavy atom. The number of nitro groups is 1. The van der Waals surface area contributed by atoms with Crippen LogP contribution in [-0.2, 0) is 4.74 Å². The van der Waals surface area contributed by atoms with E-state index in [-0.39, 0.29) is 39.0 Å². The Morgan fingerprint density at radius 1 is 1.47 bits per heavy atom. The third-order valence-electron chi connectivity index (χ3n) is 3.93. The van der Waals surface area contributed by atoms with Crippen molar-refractivity contribution in [1.82, 2.24) is 4.57 Å². The minimum Gasteiger partial charge on any atom is -0.488 e. The van der Waals surface area contributed by atoms with Gasteiger partial charge in [0.1, 0.15) is 17.7 Å². The Labute approximate surface area is 172 Å². The number of ether oxygens (including phenoxy) is 2. The predicted octanol–water partition coefficient (Wildman–Crippen LogP) is 4.20. The molecule has 0 saturated heterocycles. The highest BCUT2D eigenvalue weighted by atomic mass is 79.9. The molecule has 1 aliphatic rings. The number of carbonyl (C=O) groups excluding carboxylic acids is 1. The van der Waals surface area contributed by atoms with Crippen molar-refractivity contribution in [1.29, 1.82) is 5.39 Å². The van der Waals surface area contributed by atoms with E-state index < -0.39 is 35.4 Å². The van der Waals surface area contributed by atoms with Crippen molar-refractivity contribution in [3.8, 4) is 5.75 Å². The molecule has 0 amide bonds. The molecule has 0 aliphatic carbocycles. The van der Waals surface area contributed by atoms with Gasteiger partial charge < -0.3 is 26.7 Å². The minimum atomic E-state index is -6.00. The second-order valence-corrected chi connectivity index (χ2v) is 6.63. The number of aromatic nitrogens is 1. The molecule has 1 atom stereocenters. The summed E-state index contributed by atoms with van der Waals surface area (Å²) in [4.78, 5) is 38.4. The molecule has 0 saturated carbocycles. The van der Waals surface area contributed by atoms with E-state index in [0.717, 1.165) is 13.2 Å². The lowest BCUT2D eigenvalue weighted by Crippen LogP contribution is -2.34. The standard InChI is InChI=1S/C14H10BrN4O6.BF4/c1-5-4-25-12-8(15)9(17-16)10(19(22)23)6-3-7(14(21)24-2)13(20)18(5)11(6)12;2-1(3,4)5/h3,5H,4H2,1-2H3;/q+1;-1/t5-;/m0./s1. The fraction of sp³-hybridized carbons (Fsp3) is 0.286. The van der Waals surface area contributed by atoms with Crippen LogP contribution in [0.15, 0.2) is 15.3 Å². The van der Waals surface area contributed by atoms with Crippen molar-refractivity contribution in [2.24, 2.45) is 0 Å². The molecule has 1 aliphatic heterocycles. The Bertz CT molecular complexity index is 1160. The molecule has 0 radical (unpaired) electrons. The zero-order chi connectivity index (χ0) is 23.0. The van der Waals surface area contributed by atoms with Gasteiger partial charge in [0.15, 0.2) is 15.2 Å². The molecule has 2 heterocycles. The lowest BCUT2D eigenvalue weighted by molar-refractivity contribution is -0.382. The van der Waals surface area contributed by atoms with Gasteiger partial charge in [-0.05, 0) is 28.9 Å². The quantitative estimate of drug-likeness (QED) is 0.152. The first-order chi connectivity index (χ1) is 13.8. The van der Waals surface area contributed by atoms with Crippen LogP contribution in [0.25, 0.3) is 15.9 Å². The predicted molar refractivity (Wildman–Crippen MR) is 99.0 cm³/mol. The number of nitro benzene ring substituents is 1. The molecule has 0 fully saturated rings. The highest BCUT2D eigenvalue weighted by Crippen LogP contribution is 2.50. The maximum atomic E-state index is 12.7. The zero-order valence-electron chi connectivity index (χ0n) is 15.1. The summed E-state index contributed by atoms with van der Waals surface area (Å²) >= 11 is 3.13. The summed E-state index contributed by atoms with van der Waals surface area (Å²) in [7, 11) is -4.90. The van der Waals surface area contributed by atoms with Crippen molar-refractivity contribution in [2.45, 2.75) is 13.0 Å². The Balaban J connectivity index is 0.000000575. The van der Waals surface area contributed by atoms with Gasteiger partial charge in [0.05, 0.1) is 23.5 Å². The van der Waals surface area contributed by atoms with Crippen LogP contribution in [0, 0.1) is 15.5 Å². The SMILES string of the molecule is COC(=O)c1cc2c([N+](=O)[O-])c([N+]#N)c(Br)c3c2n(c1=O)[C@@H](C)CO3.F[B-](F)(F)F. The van der Waals surface area contributed by atoms with Crippen molar-refractivity contribution >= 4 is 51.4 Å². The van der Waals surface area contributed by atoms with Gasteiger partial charge in [-0.1, -0.05) is 0 Å². The summed E-state index contributed by atoms with van der Waals surface area (Å²) in [6.07, 6.45) is 0. The molecule has 30 heavy (non-hydrogen) atoms. The zero-order valence-corrected chi connectivity index (χ0v) is 16.7. The Hall–Kier alpha value is -3.22. The van der Waals surface area contributed by atoms with Gasteiger partial charge in [-0.3, -0.25) is 19.5 Å². The van der Waals surface area contributed by atoms with E-state index in [2.05, 4.69) is 25.6 Å². The van der Waals surface area contributed by atoms with Crippen LogP contribution in [0.3, 0.4) is 0 Å². The number of methoxy groups -OCH3 is 1. The average molecular weight is 497 g/mol. The molecule has 0 unspecified atom stereocenters. The molecule has 0 N–H and O–H groups in total. The lowest BCUT2D eigenvalue weighted by atomic mass is 10.1. The second-order valence-electron chi connectivity index (χ2n) is 5.84. The number of carbonyl (C=O) groups is 1. The molecule has 0 spiro atoms. The number of nitrogens with zero attached hydrogens (tertiary/aromatic N) is 4. The topological polar surface area (TPSA) is 129 Å². The van der Waals surface area contributed by atoms with Crippen LogP contribution < -0.4 is 10.3 Å². The minimum absolute atomic E-state index is 0.0417. The summed E-state index contributed by atoms with van der Waals surface area (Å²) in [6, 6.07) is 0.583. The first-order valence-electron chi connectivity index (χ1n) is 7.86. The van der Waals surface area contributed by atoms with Gasteiger partial charge >= 0.3 is 24.6 Å². The van der Waals surface area contributed by atoms with E-state index in [9.17, 15) is 42.4 Å². The normalized spacial score (nSPS) is 14.8. The van der Waals surface area contributed by atoms with Crippen molar-refractivity contribution in [3.63, 3.8) is 0 Å². The van der Waals surface area contributed by atoms with E-state index in [0.29, 0.717) is 0 Å². The van der Waals surface area contributed by atoms with Gasteiger partial charge in [-0.25, -0.2) is 4.79 Å². The largest absolute Gasteiger partial charge is 0.673 e. The van der Waals surface area contributed by atoms with Crippen molar-refractivity contribution in [3.05, 3.63) is 41.5 Å². The highest BCUT2D eigenvalue weighted by molar-refractivity contribution is 9.10. The summed E-state index contributed by atoms with van der Waals surface area (Å²) in [5, 5.41) is 20.7. The monoisotopic (exact) mass is 496 g/mol. The first-order valence-corrected chi connectivity index (χ1v) is 8.65. The number of benzene rings is 1. The number of esters is 1. The molecule has 2 aromatic rings. The molecule has 3 rings (SSSR count). The maximum absolute atomic E-state index is 12.7. The summed E-state index contributed by atoms with van der Waals surface area (Å²) in [6.45, 7) is 1.77. The highest BCUT2D eigenvalue weighted by Gasteiger charge is 2.40. The molecule has 10 nitrogen and oxygen atoms in total. The third kappa shape index (κ3) is 4.20. The average Bonchev–Trinajstić information content (AvgIpc) is 2.64. The van der Waals surface area contributed by atoms with Crippen LogP contribution in [-0.4, -0.2) is 36.4 Å². The Morgan fingerprint density at radius 2 is 2.03 bits per heavy atom. The number of hydrogen-bond acceptors (Lipinski definition) is 7. The van der Waals surface area contributed by atoms with Gasteiger partial charge in [0.25, 0.3) is 5.56 Å². The number of diazo groups is 1. The van der Waals surface area contributed by atoms with Crippen LogP contribution in [0.2, 0.25) is 0 Å². The maximum Gasteiger partial charge on any atom is 0.673 e. The summed E-state index contributed by atoms with van der Waals surface area (Å²) < 4.78 is 50.5.